The van der Waals surface area contributed by atoms with Crippen LogP contribution in [0.2, 0.25) is 0 Å². The van der Waals surface area contributed by atoms with E-state index in [1.165, 1.54) is 0 Å². The molecule has 70 valence electrons. The predicted molar refractivity (Wildman–Crippen MR) is 52.2 cm³/mol. The molecule has 1 aromatic carbocycles. The van der Waals surface area contributed by atoms with Crippen LogP contribution in [0.4, 0.5) is 0 Å². The minimum atomic E-state index is -1.06. The Balaban J connectivity index is 3.14. The Hall–Kier alpha value is -0.830. The number of rotatable bonds is 2. The lowest BCUT2D eigenvalue weighted by atomic mass is 9.85. The molecule has 3 heteroatoms. The Labute approximate surface area is 85.7 Å². The smallest absolute Gasteiger partial charge is 0.0514 e. The molecule has 0 heterocycles. The summed E-state index contributed by atoms with van der Waals surface area (Å²) in [6.45, 7) is 3.26. The Bertz CT molecular complexity index is 331. The molecule has 0 aliphatic rings. The first-order valence-electron chi connectivity index (χ1n) is 3.92. The normalized spacial score (nSPS) is 11.3. The van der Waals surface area contributed by atoms with Crippen molar-refractivity contribution in [2.45, 2.75) is 19.3 Å². The SMILES string of the molecule is CC(C)(C(=O)[O-])c1cccc(Br)c1. The van der Waals surface area contributed by atoms with Crippen LogP contribution >= 0.6 is 15.9 Å². The number of carbonyl (C=O) groups excluding carboxylic acids is 1. The second-order valence-electron chi connectivity index (χ2n) is 3.42. The summed E-state index contributed by atoms with van der Waals surface area (Å²) in [5, 5.41) is 10.8. The summed E-state index contributed by atoms with van der Waals surface area (Å²) in [6.07, 6.45) is 0. The van der Waals surface area contributed by atoms with Gasteiger partial charge in [-0.3, -0.25) is 0 Å². The summed E-state index contributed by atoms with van der Waals surface area (Å²) < 4.78 is 0.874. The van der Waals surface area contributed by atoms with Gasteiger partial charge in [-0.2, -0.15) is 0 Å². The highest BCUT2D eigenvalue weighted by molar-refractivity contribution is 9.10. The van der Waals surface area contributed by atoms with E-state index in [1.807, 2.05) is 12.1 Å². The van der Waals surface area contributed by atoms with Gasteiger partial charge in [0, 0.05) is 9.89 Å². The Morgan fingerprint density at radius 1 is 1.46 bits per heavy atom. The maximum absolute atomic E-state index is 10.8. The van der Waals surface area contributed by atoms with Crippen molar-refractivity contribution in [2.75, 3.05) is 0 Å². The van der Waals surface area contributed by atoms with Crippen molar-refractivity contribution in [3.05, 3.63) is 34.3 Å². The highest BCUT2D eigenvalue weighted by Crippen LogP contribution is 2.24. The lowest BCUT2D eigenvalue weighted by Crippen LogP contribution is -2.41. The molecule has 0 bridgehead atoms. The fourth-order valence-electron chi connectivity index (χ4n) is 0.995. The molecule has 0 radical (unpaired) electrons. The van der Waals surface area contributed by atoms with Crippen LogP contribution < -0.4 is 5.11 Å². The number of carboxylic acid groups (broad SMARTS) is 1. The number of carboxylic acids is 1. The molecule has 1 rings (SSSR count). The van der Waals surface area contributed by atoms with Crippen molar-refractivity contribution < 1.29 is 9.90 Å². The lowest BCUT2D eigenvalue weighted by molar-refractivity contribution is -0.312. The predicted octanol–water partition coefficient (Wildman–Crippen LogP) is 1.48. The van der Waals surface area contributed by atoms with Crippen LogP contribution in [0, 0.1) is 0 Å². The molecule has 0 aromatic heterocycles. The maximum Gasteiger partial charge on any atom is 0.0514 e. The summed E-state index contributed by atoms with van der Waals surface area (Å²) in [4.78, 5) is 10.8. The Kier molecular flexibility index (Phi) is 2.76. The third kappa shape index (κ3) is 2.10. The number of benzene rings is 1. The van der Waals surface area contributed by atoms with E-state index < -0.39 is 11.4 Å². The molecule has 13 heavy (non-hydrogen) atoms. The van der Waals surface area contributed by atoms with Crippen LogP contribution in [0.5, 0.6) is 0 Å². The molecule has 0 spiro atoms. The van der Waals surface area contributed by atoms with Crippen LogP contribution in [-0.4, -0.2) is 5.97 Å². The topological polar surface area (TPSA) is 40.1 Å². The van der Waals surface area contributed by atoms with Crippen molar-refractivity contribution in [2.24, 2.45) is 0 Å². The Morgan fingerprint density at radius 3 is 2.54 bits per heavy atom. The molecule has 0 aliphatic heterocycles. The van der Waals surface area contributed by atoms with Gasteiger partial charge in [0.2, 0.25) is 0 Å². The number of carbonyl (C=O) groups is 1. The number of halogens is 1. The zero-order chi connectivity index (χ0) is 10.1. The van der Waals surface area contributed by atoms with Gasteiger partial charge in [0.25, 0.3) is 0 Å². The minimum absolute atomic E-state index is 0.738. The molecule has 0 atom stereocenters. The van der Waals surface area contributed by atoms with E-state index in [0.29, 0.717) is 0 Å². The standard InChI is InChI=1S/C10H11BrO2/c1-10(2,9(12)13)7-4-3-5-8(11)6-7/h3-6H,1-2H3,(H,12,13)/p-1. The van der Waals surface area contributed by atoms with Crippen molar-refractivity contribution in [1.82, 2.24) is 0 Å². The fourth-order valence-corrected chi connectivity index (χ4v) is 1.39. The highest BCUT2D eigenvalue weighted by Gasteiger charge is 2.21. The van der Waals surface area contributed by atoms with Gasteiger partial charge in [-0.1, -0.05) is 41.9 Å². The first-order chi connectivity index (χ1) is 5.94. The molecule has 2 nitrogen and oxygen atoms in total. The number of hydrogen-bond donors (Lipinski definition) is 0. The molecule has 0 amide bonds. The third-order valence-electron chi connectivity index (χ3n) is 2.06. The third-order valence-corrected chi connectivity index (χ3v) is 2.55. The second-order valence-corrected chi connectivity index (χ2v) is 4.34. The largest absolute Gasteiger partial charge is 0.549 e. The van der Waals surface area contributed by atoms with E-state index in [2.05, 4.69) is 15.9 Å². The first-order valence-corrected chi connectivity index (χ1v) is 4.71. The van der Waals surface area contributed by atoms with E-state index in [-0.39, 0.29) is 0 Å². The van der Waals surface area contributed by atoms with Crippen LogP contribution in [0.15, 0.2) is 28.7 Å². The quantitative estimate of drug-likeness (QED) is 0.787. The number of hydrogen-bond acceptors (Lipinski definition) is 2. The summed E-state index contributed by atoms with van der Waals surface area (Å²) in [5.74, 6) is -1.06. The van der Waals surface area contributed by atoms with Gasteiger partial charge in [0.1, 0.15) is 0 Å². The monoisotopic (exact) mass is 241 g/mol. The van der Waals surface area contributed by atoms with Crippen molar-refractivity contribution in [3.63, 3.8) is 0 Å². The lowest BCUT2D eigenvalue weighted by Gasteiger charge is -2.26. The summed E-state index contributed by atoms with van der Waals surface area (Å²) in [5.41, 5.74) is -0.203. The molecule has 0 saturated carbocycles. The molecule has 0 N–H and O–H groups in total. The molecule has 0 aliphatic carbocycles. The van der Waals surface area contributed by atoms with E-state index in [1.54, 1.807) is 26.0 Å². The van der Waals surface area contributed by atoms with E-state index in [4.69, 9.17) is 0 Å². The van der Waals surface area contributed by atoms with E-state index >= 15 is 0 Å². The van der Waals surface area contributed by atoms with Crippen LogP contribution in [-0.2, 0) is 10.2 Å². The molecular weight excluding hydrogens is 232 g/mol. The zero-order valence-corrected chi connectivity index (χ0v) is 9.09. The molecule has 1 aromatic rings. The van der Waals surface area contributed by atoms with Gasteiger partial charge in [0.15, 0.2) is 0 Å². The van der Waals surface area contributed by atoms with Crippen molar-refractivity contribution in [1.29, 1.82) is 0 Å². The van der Waals surface area contributed by atoms with Crippen molar-refractivity contribution in [3.8, 4) is 0 Å². The molecule has 0 saturated heterocycles. The average molecular weight is 242 g/mol. The van der Waals surface area contributed by atoms with Gasteiger partial charge < -0.3 is 9.90 Å². The molecule has 0 unspecified atom stereocenters. The highest BCUT2D eigenvalue weighted by atomic mass is 79.9. The maximum atomic E-state index is 10.8. The van der Waals surface area contributed by atoms with Crippen LogP contribution in [0.3, 0.4) is 0 Å². The Morgan fingerprint density at radius 2 is 2.08 bits per heavy atom. The van der Waals surface area contributed by atoms with Gasteiger partial charge in [0.05, 0.1) is 5.97 Å². The van der Waals surface area contributed by atoms with Crippen molar-refractivity contribution >= 4 is 21.9 Å². The second kappa shape index (κ2) is 3.50. The zero-order valence-electron chi connectivity index (χ0n) is 7.50. The molecule has 0 fully saturated rings. The van der Waals surface area contributed by atoms with Crippen LogP contribution in [0.25, 0.3) is 0 Å². The summed E-state index contributed by atoms with van der Waals surface area (Å²) in [6, 6.07) is 7.23. The van der Waals surface area contributed by atoms with Crippen LogP contribution in [0.1, 0.15) is 19.4 Å². The number of aliphatic carboxylic acids is 1. The van der Waals surface area contributed by atoms with Gasteiger partial charge in [-0.05, 0) is 17.7 Å². The van der Waals surface area contributed by atoms with E-state index in [9.17, 15) is 9.90 Å². The van der Waals surface area contributed by atoms with Gasteiger partial charge in [-0.25, -0.2) is 0 Å². The average Bonchev–Trinajstić information content (AvgIpc) is 2.04. The first kappa shape index (κ1) is 10.3. The minimum Gasteiger partial charge on any atom is -0.549 e. The summed E-state index contributed by atoms with van der Waals surface area (Å²) >= 11 is 3.29. The van der Waals surface area contributed by atoms with Gasteiger partial charge >= 0.3 is 0 Å². The van der Waals surface area contributed by atoms with Gasteiger partial charge in [-0.15, -0.1) is 0 Å². The summed E-state index contributed by atoms with van der Waals surface area (Å²) in [7, 11) is 0. The molecular formula is C10H10BrO2-. The fraction of sp³-hybridized carbons (Fsp3) is 0.300. The van der Waals surface area contributed by atoms with E-state index in [0.717, 1.165) is 10.0 Å².